The highest BCUT2D eigenvalue weighted by Gasteiger charge is 2.10. The van der Waals surface area contributed by atoms with Crippen LogP contribution in [0.3, 0.4) is 0 Å². The number of carbonyl (C=O) groups excluding carboxylic acids is 3. The van der Waals surface area contributed by atoms with E-state index in [1.54, 1.807) is 18.2 Å². The van der Waals surface area contributed by atoms with Crippen molar-refractivity contribution in [2.24, 2.45) is 0 Å². The highest BCUT2D eigenvalue weighted by Crippen LogP contribution is 2.28. The number of nitrogens with one attached hydrogen (secondary N) is 3. The predicted octanol–water partition coefficient (Wildman–Crippen LogP) is 2.27. The van der Waals surface area contributed by atoms with E-state index in [1.165, 1.54) is 23.1 Å². The van der Waals surface area contributed by atoms with Gasteiger partial charge < -0.3 is 5.32 Å². The molecule has 0 aliphatic carbocycles. The van der Waals surface area contributed by atoms with Crippen LogP contribution in [0.2, 0.25) is 0 Å². The zero-order valence-electron chi connectivity index (χ0n) is 15.0. The first-order chi connectivity index (χ1) is 13.5. The summed E-state index contributed by atoms with van der Waals surface area (Å²) < 4.78 is 1.84. The molecule has 0 unspecified atom stereocenters. The molecule has 0 radical (unpaired) electrons. The van der Waals surface area contributed by atoms with Crippen molar-refractivity contribution in [2.45, 2.75) is 11.3 Å². The fourth-order valence-corrected chi connectivity index (χ4v) is 4.18. The summed E-state index contributed by atoms with van der Waals surface area (Å²) in [6, 6.07) is 14.8. The Kier molecular flexibility index (Phi) is 6.62. The van der Waals surface area contributed by atoms with E-state index in [-0.39, 0.29) is 24.1 Å². The lowest BCUT2D eigenvalue weighted by Crippen LogP contribution is -2.46. The number of amides is 3. The minimum absolute atomic E-state index is 0.121. The molecule has 7 nitrogen and oxygen atoms in total. The van der Waals surface area contributed by atoms with E-state index in [0.717, 1.165) is 20.1 Å². The van der Waals surface area contributed by atoms with Crippen LogP contribution in [0, 0.1) is 6.92 Å². The number of hydrogen-bond acceptors (Lipinski definition) is 6. The number of benzene rings is 2. The van der Waals surface area contributed by atoms with E-state index in [1.807, 2.05) is 37.3 Å². The Hall–Kier alpha value is -2.91. The van der Waals surface area contributed by atoms with Crippen molar-refractivity contribution < 1.29 is 14.4 Å². The predicted molar refractivity (Wildman–Crippen MR) is 110 cm³/mol. The Labute approximate surface area is 169 Å². The van der Waals surface area contributed by atoms with Gasteiger partial charge in [-0.2, -0.15) is 0 Å². The van der Waals surface area contributed by atoms with Crippen molar-refractivity contribution in [1.82, 2.24) is 21.2 Å². The van der Waals surface area contributed by atoms with Crippen LogP contribution in [0.25, 0.3) is 10.2 Å². The van der Waals surface area contributed by atoms with E-state index in [9.17, 15) is 14.4 Å². The Bertz CT molecular complexity index is 986. The highest BCUT2D eigenvalue weighted by atomic mass is 32.2. The molecule has 0 saturated heterocycles. The van der Waals surface area contributed by atoms with Crippen LogP contribution < -0.4 is 16.2 Å². The molecule has 1 aromatic heterocycles. The van der Waals surface area contributed by atoms with Gasteiger partial charge in [0.15, 0.2) is 4.34 Å². The summed E-state index contributed by atoms with van der Waals surface area (Å²) in [5.41, 5.74) is 6.93. The Morgan fingerprint density at radius 1 is 1.04 bits per heavy atom. The van der Waals surface area contributed by atoms with Crippen LogP contribution in [-0.2, 0) is 9.59 Å². The van der Waals surface area contributed by atoms with E-state index >= 15 is 0 Å². The van der Waals surface area contributed by atoms with Crippen molar-refractivity contribution in [3.05, 3.63) is 59.7 Å². The van der Waals surface area contributed by atoms with Crippen molar-refractivity contribution in [3.63, 3.8) is 0 Å². The molecule has 0 spiro atoms. The van der Waals surface area contributed by atoms with E-state index in [0.29, 0.717) is 5.56 Å². The topological polar surface area (TPSA) is 100 Å². The number of carbonyl (C=O) groups is 3. The summed E-state index contributed by atoms with van der Waals surface area (Å²) >= 11 is 2.81. The number of aromatic nitrogens is 1. The quantitative estimate of drug-likeness (QED) is 0.424. The lowest BCUT2D eigenvalue weighted by Gasteiger charge is -2.08. The molecule has 3 aromatic rings. The number of nitrogens with zero attached hydrogens (tertiary/aromatic N) is 1. The summed E-state index contributed by atoms with van der Waals surface area (Å²) in [6.07, 6.45) is 0. The second-order valence-corrected chi connectivity index (χ2v) is 8.14. The monoisotopic (exact) mass is 414 g/mol. The van der Waals surface area contributed by atoms with Gasteiger partial charge in [0.1, 0.15) is 0 Å². The molecular weight excluding hydrogens is 396 g/mol. The van der Waals surface area contributed by atoms with Gasteiger partial charge >= 0.3 is 0 Å². The molecule has 0 saturated carbocycles. The maximum atomic E-state index is 12.0. The molecule has 9 heteroatoms. The van der Waals surface area contributed by atoms with Crippen LogP contribution in [0.1, 0.15) is 15.9 Å². The maximum Gasteiger partial charge on any atom is 0.257 e. The minimum Gasteiger partial charge on any atom is -0.343 e. The Morgan fingerprint density at radius 2 is 1.82 bits per heavy atom. The van der Waals surface area contributed by atoms with Crippen LogP contribution in [0.4, 0.5) is 0 Å². The number of hydrazine groups is 1. The second kappa shape index (κ2) is 9.34. The van der Waals surface area contributed by atoms with E-state index in [4.69, 9.17) is 0 Å². The fraction of sp³-hybridized carbons (Fsp3) is 0.158. The van der Waals surface area contributed by atoms with E-state index in [2.05, 4.69) is 21.2 Å². The molecule has 0 bridgehead atoms. The van der Waals surface area contributed by atoms with Crippen molar-refractivity contribution in [3.8, 4) is 0 Å². The normalized spacial score (nSPS) is 10.5. The maximum absolute atomic E-state index is 12.0. The molecule has 0 aliphatic heterocycles. The zero-order chi connectivity index (χ0) is 19.9. The van der Waals surface area contributed by atoms with Crippen molar-refractivity contribution >= 4 is 51.0 Å². The highest BCUT2D eigenvalue weighted by molar-refractivity contribution is 8.01. The molecule has 3 amide bonds. The van der Waals surface area contributed by atoms with Crippen molar-refractivity contribution in [2.75, 3.05) is 12.3 Å². The second-order valence-electron chi connectivity index (χ2n) is 5.88. The van der Waals surface area contributed by atoms with Gasteiger partial charge in [0.2, 0.25) is 5.91 Å². The van der Waals surface area contributed by atoms with Gasteiger partial charge in [-0.15, -0.1) is 11.3 Å². The number of aryl methyl sites for hydroxylation is 1. The average molecular weight is 415 g/mol. The van der Waals surface area contributed by atoms with Gasteiger partial charge in [0, 0.05) is 5.56 Å². The van der Waals surface area contributed by atoms with E-state index < -0.39 is 5.91 Å². The lowest BCUT2D eigenvalue weighted by atomic mass is 10.1. The standard InChI is InChI=1S/C19H18N4O3S2/c1-12-5-4-6-13(9-12)18(26)20-10-16(24)22-23-17(25)11-27-19-21-14-7-2-3-8-15(14)28-19/h2-9H,10-11H2,1H3,(H,20,26)(H,22,24)(H,23,25). The van der Waals surface area contributed by atoms with Crippen LogP contribution >= 0.6 is 23.1 Å². The van der Waals surface area contributed by atoms with Crippen LogP contribution in [0.5, 0.6) is 0 Å². The summed E-state index contributed by atoms with van der Waals surface area (Å²) in [5.74, 6) is -1.10. The Balaban J connectivity index is 1.38. The molecule has 0 atom stereocenters. The first-order valence-corrected chi connectivity index (χ1v) is 10.2. The minimum atomic E-state index is -0.514. The summed E-state index contributed by atoms with van der Waals surface area (Å²) in [5, 5.41) is 2.51. The molecular formula is C19H18N4O3S2. The van der Waals surface area contributed by atoms with Gasteiger partial charge in [0.25, 0.3) is 11.8 Å². The number of fused-ring (bicyclic) bond motifs is 1. The molecule has 28 heavy (non-hydrogen) atoms. The number of thiazole rings is 1. The zero-order valence-corrected chi connectivity index (χ0v) is 16.7. The number of rotatable bonds is 6. The van der Waals surface area contributed by atoms with Crippen molar-refractivity contribution in [1.29, 1.82) is 0 Å². The summed E-state index contributed by atoms with van der Waals surface area (Å²) in [4.78, 5) is 40.1. The third-order valence-corrected chi connectivity index (χ3v) is 5.81. The van der Waals surface area contributed by atoms with Gasteiger partial charge in [0.05, 0.1) is 22.5 Å². The number of para-hydroxylation sites is 1. The number of hydrogen-bond donors (Lipinski definition) is 3. The van der Waals surface area contributed by atoms with Gasteiger partial charge in [-0.05, 0) is 31.2 Å². The molecule has 144 valence electrons. The molecule has 2 aromatic carbocycles. The van der Waals surface area contributed by atoms with Gasteiger partial charge in [-0.1, -0.05) is 41.6 Å². The first-order valence-electron chi connectivity index (χ1n) is 8.42. The first kappa shape index (κ1) is 19.8. The Morgan fingerprint density at radius 3 is 2.61 bits per heavy atom. The largest absolute Gasteiger partial charge is 0.343 e. The molecule has 0 fully saturated rings. The number of thioether (sulfide) groups is 1. The molecule has 1 heterocycles. The third-order valence-electron chi connectivity index (χ3n) is 3.63. The SMILES string of the molecule is Cc1cccc(C(=O)NCC(=O)NNC(=O)CSc2nc3ccccc3s2)c1. The van der Waals surface area contributed by atoms with Gasteiger partial charge in [-0.3, -0.25) is 25.2 Å². The average Bonchev–Trinajstić information content (AvgIpc) is 3.12. The summed E-state index contributed by atoms with van der Waals surface area (Å²) in [7, 11) is 0. The van der Waals surface area contributed by atoms with Crippen LogP contribution in [-0.4, -0.2) is 35.0 Å². The molecule has 3 N–H and O–H groups in total. The lowest BCUT2D eigenvalue weighted by molar-refractivity contribution is -0.127. The fourth-order valence-electron chi connectivity index (χ4n) is 2.31. The molecule has 0 aliphatic rings. The van der Waals surface area contributed by atoms with Gasteiger partial charge in [-0.25, -0.2) is 4.98 Å². The van der Waals surface area contributed by atoms with Crippen LogP contribution in [0.15, 0.2) is 52.9 Å². The smallest absolute Gasteiger partial charge is 0.257 e. The summed E-state index contributed by atoms with van der Waals surface area (Å²) in [6.45, 7) is 1.64. The molecule has 3 rings (SSSR count). The third kappa shape index (κ3) is 5.54.